The molecule has 150 valence electrons. The first-order valence-electron chi connectivity index (χ1n) is 10.1. The zero-order chi connectivity index (χ0) is 19.8. The van der Waals surface area contributed by atoms with Crippen LogP contribution in [-0.2, 0) is 11.2 Å². The summed E-state index contributed by atoms with van der Waals surface area (Å²) in [5, 5.41) is 22.7. The zero-order valence-corrected chi connectivity index (χ0v) is 16.3. The maximum Gasteiger partial charge on any atom is 0.220 e. The van der Waals surface area contributed by atoms with Crippen LogP contribution in [0.15, 0.2) is 54.6 Å². The van der Waals surface area contributed by atoms with Crippen LogP contribution < -0.4 is 5.32 Å². The third-order valence-electron chi connectivity index (χ3n) is 5.49. The van der Waals surface area contributed by atoms with Gasteiger partial charge in [0.25, 0.3) is 0 Å². The fourth-order valence-corrected chi connectivity index (χ4v) is 3.67. The zero-order valence-electron chi connectivity index (χ0n) is 16.3. The molecule has 0 saturated carbocycles. The highest BCUT2D eigenvalue weighted by Gasteiger charge is 2.21. The third kappa shape index (κ3) is 6.36. The van der Waals surface area contributed by atoms with Gasteiger partial charge in [-0.2, -0.15) is 0 Å². The van der Waals surface area contributed by atoms with Crippen molar-refractivity contribution in [2.75, 3.05) is 26.2 Å². The lowest BCUT2D eigenvalue weighted by molar-refractivity contribution is -0.121. The predicted octanol–water partition coefficient (Wildman–Crippen LogP) is 2.89. The Morgan fingerprint density at radius 2 is 1.75 bits per heavy atom. The van der Waals surface area contributed by atoms with Gasteiger partial charge in [-0.1, -0.05) is 42.5 Å². The van der Waals surface area contributed by atoms with E-state index in [0.717, 1.165) is 43.6 Å². The first-order valence-corrected chi connectivity index (χ1v) is 10.1. The number of likely N-dealkylation sites (tertiary alicyclic amines) is 1. The second kappa shape index (κ2) is 10.2. The highest BCUT2D eigenvalue weighted by molar-refractivity contribution is 5.76. The Labute approximate surface area is 167 Å². The molecule has 1 unspecified atom stereocenters. The number of aliphatic hydroxyl groups is 1. The SMILES string of the molecule is O=C(CCc1ccc(O)cc1)NCC1CCN(CC(O)c2ccccc2)CC1. The Hall–Kier alpha value is -2.37. The molecule has 1 aliphatic rings. The average Bonchev–Trinajstić information content (AvgIpc) is 2.73. The molecule has 0 aromatic heterocycles. The van der Waals surface area contributed by atoms with Gasteiger partial charge in [-0.15, -0.1) is 0 Å². The minimum atomic E-state index is -0.447. The number of rotatable bonds is 8. The second-order valence-electron chi connectivity index (χ2n) is 7.64. The second-order valence-corrected chi connectivity index (χ2v) is 7.64. The van der Waals surface area contributed by atoms with Crippen LogP contribution in [0.4, 0.5) is 0 Å². The summed E-state index contributed by atoms with van der Waals surface area (Å²) in [6.45, 7) is 3.30. The van der Waals surface area contributed by atoms with Crippen LogP contribution in [0.2, 0.25) is 0 Å². The number of amides is 1. The highest BCUT2D eigenvalue weighted by Crippen LogP contribution is 2.20. The lowest BCUT2D eigenvalue weighted by Crippen LogP contribution is -2.40. The molecule has 28 heavy (non-hydrogen) atoms. The van der Waals surface area contributed by atoms with E-state index in [-0.39, 0.29) is 11.7 Å². The van der Waals surface area contributed by atoms with Crippen LogP contribution in [0.1, 0.15) is 36.5 Å². The minimum Gasteiger partial charge on any atom is -0.508 e. The van der Waals surface area contributed by atoms with Gasteiger partial charge in [-0.25, -0.2) is 0 Å². The van der Waals surface area contributed by atoms with Crippen molar-refractivity contribution in [1.29, 1.82) is 0 Å². The predicted molar refractivity (Wildman–Crippen MR) is 110 cm³/mol. The number of nitrogens with one attached hydrogen (secondary N) is 1. The van der Waals surface area contributed by atoms with Crippen LogP contribution in [-0.4, -0.2) is 47.2 Å². The van der Waals surface area contributed by atoms with Crippen molar-refractivity contribution in [3.63, 3.8) is 0 Å². The van der Waals surface area contributed by atoms with E-state index < -0.39 is 6.10 Å². The monoisotopic (exact) mass is 382 g/mol. The number of benzene rings is 2. The molecule has 0 bridgehead atoms. The van der Waals surface area contributed by atoms with Crippen LogP contribution in [0, 0.1) is 5.92 Å². The number of carbonyl (C=O) groups is 1. The number of phenolic OH excluding ortho intramolecular Hbond substituents is 1. The molecule has 0 radical (unpaired) electrons. The van der Waals surface area contributed by atoms with E-state index in [1.807, 2.05) is 42.5 Å². The van der Waals surface area contributed by atoms with E-state index in [0.29, 0.717) is 25.3 Å². The van der Waals surface area contributed by atoms with Gasteiger partial charge < -0.3 is 20.4 Å². The summed E-state index contributed by atoms with van der Waals surface area (Å²) < 4.78 is 0. The van der Waals surface area contributed by atoms with Crippen molar-refractivity contribution in [3.8, 4) is 5.75 Å². The summed E-state index contributed by atoms with van der Waals surface area (Å²) >= 11 is 0. The number of phenols is 1. The fraction of sp³-hybridized carbons (Fsp3) is 0.435. The van der Waals surface area contributed by atoms with Gasteiger partial charge >= 0.3 is 0 Å². The number of piperidine rings is 1. The molecule has 3 N–H and O–H groups in total. The summed E-state index contributed by atoms with van der Waals surface area (Å²) in [6.07, 6.45) is 2.78. The maximum absolute atomic E-state index is 12.1. The number of hydrogen-bond donors (Lipinski definition) is 3. The Morgan fingerprint density at radius 1 is 1.07 bits per heavy atom. The molecule has 2 aromatic rings. The first-order chi connectivity index (χ1) is 13.6. The first kappa shape index (κ1) is 20.4. The normalized spacial score (nSPS) is 16.6. The van der Waals surface area contributed by atoms with E-state index in [1.165, 1.54) is 0 Å². The third-order valence-corrected chi connectivity index (χ3v) is 5.49. The van der Waals surface area contributed by atoms with E-state index >= 15 is 0 Å². The number of β-amino-alcohol motifs (C(OH)–C–C–N with tert-alkyl or cyclic N) is 1. The summed E-state index contributed by atoms with van der Waals surface area (Å²) in [4.78, 5) is 14.4. The quantitative estimate of drug-likeness (QED) is 0.656. The van der Waals surface area contributed by atoms with E-state index in [2.05, 4.69) is 10.2 Å². The molecular weight excluding hydrogens is 352 g/mol. The van der Waals surface area contributed by atoms with Crippen molar-refractivity contribution in [1.82, 2.24) is 10.2 Å². The number of carbonyl (C=O) groups excluding carboxylic acids is 1. The summed E-state index contributed by atoms with van der Waals surface area (Å²) in [7, 11) is 0. The van der Waals surface area contributed by atoms with E-state index in [1.54, 1.807) is 12.1 Å². The van der Waals surface area contributed by atoms with E-state index in [9.17, 15) is 15.0 Å². The number of aryl methyl sites for hydroxylation is 1. The van der Waals surface area contributed by atoms with Crippen LogP contribution in [0.3, 0.4) is 0 Å². The molecule has 5 heteroatoms. The van der Waals surface area contributed by atoms with E-state index in [4.69, 9.17) is 0 Å². The summed E-state index contributed by atoms with van der Waals surface area (Å²) in [5.41, 5.74) is 2.02. The molecule has 3 rings (SSSR count). The smallest absolute Gasteiger partial charge is 0.220 e. The maximum atomic E-state index is 12.1. The van der Waals surface area contributed by atoms with Crippen LogP contribution in [0.5, 0.6) is 5.75 Å². The molecule has 1 aliphatic heterocycles. The Balaban J connectivity index is 1.32. The summed E-state index contributed by atoms with van der Waals surface area (Å²) in [5.74, 6) is 0.827. The molecule has 1 fully saturated rings. The van der Waals surface area contributed by atoms with Gasteiger partial charge in [-0.05, 0) is 61.5 Å². The Bertz CT molecular complexity index is 725. The van der Waals surface area contributed by atoms with Gasteiger partial charge in [0, 0.05) is 19.5 Å². The Kier molecular flexibility index (Phi) is 7.46. The molecule has 0 aliphatic carbocycles. The van der Waals surface area contributed by atoms with Crippen molar-refractivity contribution in [3.05, 3.63) is 65.7 Å². The van der Waals surface area contributed by atoms with Crippen molar-refractivity contribution >= 4 is 5.91 Å². The number of aliphatic hydroxyl groups excluding tert-OH is 1. The molecule has 5 nitrogen and oxygen atoms in total. The number of nitrogens with zero attached hydrogens (tertiary/aromatic N) is 1. The standard InChI is InChI=1S/C23H30N2O3/c26-21-9-6-18(7-10-21)8-11-23(28)24-16-19-12-14-25(15-13-19)17-22(27)20-4-2-1-3-5-20/h1-7,9-10,19,22,26-27H,8,11-17H2,(H,24,28). The number of hydrogen-bond acceptors (Lipinski definition) is 4. The van der Waals surface area contributed by atoms with Gasteiger partial charge in [-0.3, -0.25) is 4.79 Å². The van der Waals surface area contributed by atoms with Crippen molar-refractivity contribution in [2.24, 2.45) is 5.92 Å². The topological polar surface area (TPSA) is 72.8 Å². The molecule has 1 amide bonds. The molecule has 1 saturated heterocycles. The molecule has 2 aromatic carbocycles. The average molecular weight is 383 g/mol. The van der Waals surface area contributed by atoms with Crippen LogP contribution >= 0.6 is 0 Å². The minimum absolute atomic E-state index is 0.0787. The molecular formula is C23H30N2O3. The van der Waals surface area contributed by atoms with Crippen LogP contribution in [0.25, 0.3) is 0 Å². The Morgan fingerprint density at radius 3 is 2.43 bits per heavy atom. The lowest BCUT2D eigenvalue weighted by Gasteiger charge is -2.33. The number of aromatic hydroxyl groups is 1. The fourth-order valence-electron chi connectivity index (χ4n) is 3.67. The van der Waals surface area contributed by atoms with Gasteiger partial charge in [0.05, 0.1) is 6.10 Å². The molecule has 0 spiro atoms. The lowest BCUT2D eigenvalue weighted by atomic mass is 9.96. The van der Waals surface area contributed by atoms with Crippen molar-refractivity contribution < 1.29 is 15.0 Å². The highest BCUT2D eigenvalue weighted by atomic mass is 16.3. The molecule has 1 atom stereocenters. The van der Waals surface area contributed by atoms with Gasteiger partial charge in [0.15, 0.2) is 0 Å². The largest absolute Gasteiger partial charge is 0.508 e. The van der Waals surface area contributed by atoms with Gasteiger partial charge in [0.1, 0.15) is 5.75 Å². The molecule has 1 heterocycles. The van der Waals surface area contributed by atoms with Gasteiger partial charge in [0.2, 0.25) is 5.91 Å². The summed E-state index contributed by atoms with van der Waals surface area (Å²) in [6, 6.07) is 16.8. The van der Waals surface area contributed by atoms with Crippen molar-refractivity contribution in [2.45, 2.75) is 31.8 Å².